The van der Waals surface area contributed by atoms with E-state index in [0.29, 0.717) is 25.9 Å². The molecule has 0 heterocycles. The first-order valence-corrected chi connectivity index (χ1v) is 33.2. The molecule has 0 radical (unpaired) electrons. The van der Waals surface area contributed by atoms with Crippen molar-refractivity contribution in [2.24, 2.45) is 0 Å². The number of rotatable bonds is 62. The van der Waals surface area contributed by atoms with E-state index in [2.05, 4.69) is 55.6 Å². The maximum atomic E-state index is 12.5. The molecule has 0 aliphatic carbocycles. The van der Waals surface area contributed by atoms with Gasteiger partial charge in [-0.05, 0) is 70.6 Å². The Hall–Kier alpha value is -1.92. The van der Waals surface area contributed by atoms with Gasteiger partial charge in [-0.1, -0.05) is 314 Å². The van der Waals surface area contributed by atoms with E-state index in [4.69, 9.17) is 4.74 Å². The number of allylic oxidation sites excluding steroid dienone is 5. The average Bonchev–Trinajstić information content (AvgIpc) is 3.40. The molecular weight excluding hydrogens is 911 g/mol. The Morgan fingerprint density at radius 3 is 1.04 bits per heavy atom. The van der Waals surface area contributed by atoms with Gasteiger partial charge in [-0.2, -0.15) is 0 Å². The molecule has 0 aromatic rings. The van der Waals surface area contributed by atoms with Gasteiger partial charge >= 0.3 is 5.97 Å². The molecule has 0 spiro atoms. The Labute approximate surface area is 462 Å². The fraction of sp³-hybridized carbons (Fsp3) is 0.882. The molecule has 0 aromatic carbocycles. The van der Waals surface area contributed by atoms with Gasteiger partial charge in [0.1, 0.15) is 0 Å². The first-order valence-electron chi connectivity index (χ1n) is 33.2. The minimum atomic E-state index is -0.669. The number of nitrogens with one attached hydrogen (secondary N) is 1. The van der Waals surface area contributed by atoms with Crippen molar-refractivity contribution in [3.8, 4) is 0 Å². The van der Waals surface area contributed by atoms with Crippen LogP contribution in [-0.4, -0.2) is 47.4 Å². The summed E-state index contributed by atoms with van der Waals surface area (Å²) >= 11 is 0. The minimum absolute atomic E-state index is 0.0351. The summed E-state index contributed by atoms with van der Waals surface area (Å²) in [5.41, 5.74) is 0. The molecule has 6 nitrogen and oxygen atoms in total. The number of hydrogen-bond donors (Lipinski definition) is 3. The van der Waals surface area contributed by atoms with Crippen LogP contribution < -0.4 is 5.32 Å². The van der Waals surface area contributed by atoms with Crippen molar-refractivity contribution in [2.75, 3.05) is 13.2 Å². The van der Waals surface area contributed by atoms with Gasteiger partial charge in [-0.3, -0.25) is 9.59 Å². The second-order valence-electron chi connectivity index (χ2n) is 22.8. The molecule has 0 saturated heterocycles. The Kier molecular flexibility index (Phi) is 62.0. The standard InChI is InChI=1S/C68H129NO5/c1-3-5-7-9-11-13-15-17-19-21-25-30-34-38-42-46-50-54-58-62-68(73)74-63-59-55-51-47-43-39-35-31-27-24-22-23-26-29-33-37-41-45-49-53-57-61-67(72)69-65(64-70)66(71)60-56-52-48-44-40-36-32-28-20-18-16-14-12-10-8-6-4-2/h17,19,39,43,51,55,65-66,70-71H,3-16,18,20-38,40-42,44-50,52-54,56-64H2,1-2H3,(H,69,72)/b19-17-,43-39-,55-51-. The average molecular weight is 1040 g/mol. The maximum Gasteiger partial charge on any atom is 0.305 e. The zero-order chi connectivity index (χ0) is 53.6. The van der Waals surface area contributed by atoms with Gasteiger partial charge in [0.2, 0.25) is 5.91 Å². The van der Waals surface area contributed by atoms with Gasteiger partial charge in [0.15, 0.2) is 0 Å². The van der Waals surface area contributed by atoms with Crippen molar-refractivity contribution >= 4 is 11.9 Å². The topological polar surface area (TPSA) is 95.9 Å². The van der Waals surface area contributed by atoms with Crippen LogP contribution in [0.5, 0.6) is 0 Å². The number of unbranched alkanes of at least 4 members (excludes halogenated alkanes) is 45. The highest BCUT2D eigenvalue weighted by Crippen LogP contribution is 2.18. The van der Waals surface area contributed by atoms with Crippen LogP contribution in [0.1, 0.15) is 361 Å². The molecule has 0 fully saturated rings. The third-order valence-corrected chi connectivity index (χ3v) is 15.4. The minimum Gasteiger partial charge on any atom is -0.465 e. The van der Waals surface area contributed by atoms with Crippen LogP contribution in [-0.2, 0) is 14.3 Å². The highest BCUT2D eigenvalue weighted by atomic mass is 16.5. The van der Waals surface area contributed by atoms with Crippen LogP contribution in [0.4, 0.5) is 0 Å². The van der Waals surface area contributed by atoms with E-state index < -0.39 is 12.1 Å². The highest BCUT2D eigenvalue weighted by Gasteiger charge is 2.20. The monoisotopic (exact) mass is 1040 g/mol. The third-order valence-electron chi connectivity index (χ3n) is 15.4. The highest BCUT2D eigenvalue weighted by molar-refractivity contribution is 5.76. The summed E-state index contributed by atoms with van der Waals surface area (Å²) in [5.74, 6) is -0.0724. The lowest BCUT2D eigenvalue weighted by atomic mass is 10.0. The van der Waals surface area contributed by atoms with Crippen molar-refractivity contribution in [2.45, 2.75) is 373 Å². The number of esters is 1. The SMILES string of the molecule is CCCCCCCC/C=C\CCCCCCCCCCCC(=O)OCC/C=C\C/C=C\CCCCCCCCCCCCCCCCC(=O)NC(CO)C(O)CCCCCCCCCCCCCCCCCCC. The molecule has 1 amide bonds. The predicted molar refractivity (Wildman–Crippen MR) is 324 cm³/mol. The van der Waals surface area contributed by atoms with Crippen molar-refractivity contribution in [3.05, 3.63) is 36.5 Å². The number of carbonyl (C=O) groups is 2. The van der Waals surface area contributed by atoms with Gasteiger partial charge in [0.25, 0.3) is 0 Å². The van der Waals surface area contributed by atoms with Crippen LogP contribution in [0.15, 0.2) is 36.5 Å². The van der Waals surface area contributed by atoms with Gasteiger partial charge < -0.3 is 20.3 Å². The van der Waals surface area contributed by atoms with Crippen LogP contribution in [0.25, 0.3) is 0 Å². The fourth-order valence-corrected chi connectivity index (χ4v) is 10.4. The van der Waals surface area contributed by atoms with Crippen LogP contribution in [0, 0.1) is 0 Å². The molecule has 0 aromatic heterocycles. The number of aliphatic hydroxyl groups excluding tert-OH is 2. The van der Waals surface area contributed by atoms with E-state index in [9.17, 15) is 19.8 Å². The molecule has 74 heavy (non-hydrogen) atoms. The number of ether oxygens (including phenoxy) is 1. The molecule has 0 aliphatic heterocycles. The molecule has 2 unspecified atom stereocenters. The van der Waals surface area contributed by atoms with Crippen molar-refractivity contribution in [1.29, 1.82) is 0 Å². The third kappa shape index (κ3) is 59.3. The van der Waals surface area contributed by atoms with Gasteiger partial charge in [-0.15, -0.1) is 0 Å². The van der Waals surface area contributed by atoms with E-state index in [1.807, 2.05) is 0 Å². The van der Waals surface area contributed by atoms with E-state index in [1.165, 1.54) is 276 Å². The second-order valence-corrected chi connectivity index (χ2v) is 22.8. The number of amides is 1. The quantitative estimate of drug-likeness (QED) is 0.0320. The summed E-state index contributed by atoms with van der Waals surface area (Å²) in [6.07, 6.45) is 80.4. The number of carbonyl (C=O) groups excluding carboxylic acids is 2. The zero-order valence-corrected chi connectivity index (χ0v) is 49.8. The molecule has 0 saturated carbocycles. The Bertz CT molecular complexity index is 1200. The molecule has 6 heteroatoms. The molecule has 2 atom stereocenters. The lowest BCUT2D eigenvalue weighted by Gasteiger charge is -2.22. The van der Waals surface area contributed by atoms with Gasteiger partial charge in [-0.25, -0.2) is 0 Å². The smallest absolute Gasteiger partial charge is 0.305 e. The molecule has 3 N–H and O–H groups in total. The summed E-state index contributed by atoms with van der Waals surface area (Å²) in [6, 6.07) is -0.546. The molecule has 436 valence electrons. The summed E-state index contributed by atoms with van der Waals surface area (Å²) in [6.45, 7) is 4.87. The zero-order valence-electron chi connectivity index (χ0n) is 49.8. The van der Waals surface area contributed by atoms with Crippen LogP contribution in [0.3, 0.4) is 0 Å². The molecule has 0 bridgehead atoms. The number of hydrogen-bond acceptors (Lipinski definition) is 5. The van der Waals surface area contributed by atoms with Crippen LogP contribution >= 0.6 is 0 Å². The van der Waals surface area contributed by atoms with Gasteiger partial charge in [0, 0.05) is 12.8 Å². The fourth-order valence-electron chi connectivity index (χ4n) is 10.4. The Morgan fingerprint density at radius 1 is 0.378 bits per heavy atom. The normalized spacial score (nSPS) is 12.8. The molecule has 0 rings (SSSR count). The summed E-state index contributed by atoms with van der Waals surface area (Å²) < 4.78 is 5.44. The second kappa shape index (κ2) is 63.6. The Balaban J connectivity index is 3.44. The first-order chi connectivity index (χ1) is 36.5. The number of aliphatic hydroxyl groups is 2. The Morgan fingerprint density at radius 2 is 0.676 bits per heavy atom. The predicted octanol–water partition coefficient (Wildman–Crippen LogP) is 21.1. The van der Waals surface area contributed by atoms with E-state index in [0.717, 1.165) is 51.4 Å². The summed E-state index contributed by atoms with van der Waals surface area (Å²) in [5, 5.41) is 23.3. The maximum absolute atomic E-state index is 12.5. The van der Waals surface area contributed by atoms with Crippen molar-refractivity contribution in [3.63, 3.8) is 0 Å². The lowest BCUT2D eigenvalue weighted by molar-refractivity contribution is -0.143. The molecule has 0 aliphatic rings. The summed E-state index contributed by atoms with van der Waals surface area (Å²) in [7, 11) is 0. The summed E-state index contributed by atoms with van der Waals surface area (Å²) in [4.78, 5) is 24.6. The van der Waals surface area contributed by atoms with E-state index >= 15 is 0 Å². The van der Waals surface area contributed by atoms with E-state index in [-0.39, 0.29) is 18.5 Å². The molecular formula is C68H129NO5. The van der Waals surface area contributed by atoms with Crippen molar-refractivity contribution < 1.29 is 24.5 Å². The largest absolute Gasteiger partial charge is 0.465 e. The van der Waals surface area contributed by atoms with Gasteiger partial charge in [0.05, 0.1) is 25.4 Å². The van der Waals surface area contributed by atoms with Crippen molar-refractivity contribution in [1.82, 2.24) is 5.32 Å². The van der Waals surface area contributed by atoms with Crippen LogP contribution in [0.2, 0.25) is 0 Å². The first kappa shape index (κ1) is 72.1. The lowest BCUT2D eigenvalue weighted by Crippen LogP contribution is -2.45. The van der Waals surface area contributed by atoms with E-state index in [1.54, 1.807) is 0 Å².